The zero-order valence-corrected chi connectivity index (χ0v) is 8.38. The molecule has 0 saturated carbocycles. The molecule has 6 nitrogen and oxygen atoms in total. The van der Waals surface area contributed by atoms with E-state index in [-0.39, 0.29) is 5.69 Å². The van der Waals surface area contributed by atoms with E-state index in [1.807, 2.05) is 0 Å². The zero-order valence-electron chi connectivity index (χ0n) is 8.38. The maximum absolute atomic E-state index is 11.6. The van der Waals surface area contributed by atoms with Crippen molar-refractivity contribution >= 4 is 16.7 Å². The van der Waals surface area contributed by atoms with Gasteiger partial charge in [0.05, 0.1) is 11.0 Å². The van der Waals surface area contributed by atoms with Crippen LogP contribution in [0, 0.1) is 0 Å². The van der Waals surface area contributed by atoms with Crippen LogP contribution in [0.25, 0.3) is 21.5 Å². The van der Waals surface area contributed by atoms with Gasteiger partial charge in [-0.3, -0.25) is 9.13 Å². The third-order valence-corrected chi connectivity index (χ3v) is 2.42. The molecule has 0 aliphatic rings. The number of aromatic nitrogens is 2. The molecule has 0 N–H and O–H groups in total. The lowest BCUT2D eigenvalue weighted by atomic mass is 10.3. The number of hydrogen-bond donors (Lipinski definition) is 0. The highest BCUT2D eigenvalue weighted by molar-refractivity contribution is 5.79. The highest BCUT2D eigenvalue weighted by Crippen LogP contribution is 2.19. The van der Waals surface area contributed by atoms with Crippen LogP contribution in [-0.2, 0) is 14.1 Å². The zero-order chi connectivity index (χ0) is 11.0. The quantitative estimate of drug-likeness (QED) is 0.395. The number of nitrogens with zero attached hydrogens (tertiary/aromatic N) is 5. The summed E-state index contributed by atoms with van der Waals surface area (Å²) in [6.07, 6.45) is 0. The Bertz CT molecular complexity index is 630. The average molecular weight is 203 g/mol. The Hall–Kier alpha value is -2.20. The van der Waals surface area contributed by atoms with Gasteiger partial charge in [-0.2, -0.15) is 0 Å². The van der Waals surface area contributed by atoms with Crippen molar-refractivity contribution < 1.29 is 0 Å². The van der Waals surface area contributed by atoms with E-state index in [4.69, 9.17) is 5.53 Å². The van der Waals surface area contributed by atoms with Crippen LogP contribution in [-0.4, -0.2) is 9.13 Å². The molecule has 0 aliphatic heterocycles. The molecule has 0 aliphatic carbocycles. The first-order valence-corrected chi connectivity index (χ1v) is 4.35. The lowest BCUT2D eigenvalue weighted by molar-refractivity contribution is 0.795. The van der Waals surface area contributed by atoms with Gasteiger partial charge in [-0.05, 0) is 17.7 Å². The molecule has 1 heterocycles. The molecule has 0 unspecified atom stereocenters. The van der Waals surface area contributed by atoms with Gasteiger partial charge in [-0.25, -0.2) is 4.79 Å². The first-order valence-electron chi connectivity index (χ1n) is 4.35. The van der Waals surface area contributed by atoms with E-state index in [1.165, 1.54) is 4.57 Å². The monoisotopic (exact) mass is 203 g/mol. The smallest absolute Gasteiger partial charge is 0.295 e. The number of imidazole rings is 1. The summed E-state index contributed by atoms with van der Waals surface area (Å²) < 4.78 is 3.07. The summed E-state index contributed by atoms with van der Waals surface area (Å²) in [5.41, 5.74) is 10.3. The normalized spacial score (nSPS) is 10.3. The molecule has 0 spiro atoms. The lowest BCUT2D eigenvalue weighted by Gasteiger charge is -1.95. The third-order valence-electron chi connectivity index (χ3n) is 2.42. The minimum Gasteiger partial charge on any atom is -0.295 e. The third kappa shape index (κ3) is 1.28. The molecule has 0 fully saturated rings. The van der Waals surface area contributed by atoms with Gasteiger partial charge in [0.2, 0.25) is 0 Å². The first-order chi connectivity index (χ1) is 7.15. The van der Waals surface area contributed by atoms with Crippen LogP contribution in [0.2, 0.25) is 0 Å². The van der Waals surface area contributed by atoms with Crippen molar-refractivity contribution in [2.24, 2.45) is 19.2 Å². The molecule has 0 amide bonds. The molecule has 15 heavy (non-hydrogen) atoms. The maximum Gasteiger partial charge on any atom is 0.328 e. The predicted octanol–water partition coefficient (Wildman–Crippen LogP) is 1.82. The van der Waals surface area contributed by atoms with Crippen LogP contribution in [0.15, 0.2) is 28.1 Å². The molecule has 2 rings (SSSR count). The Morgan fingerprint density at radius 3 is 2.60 bits per heavy atom. The highest BCUT2D eigenvalue weighted by Gasteiger charge is 2.06. The molecule has 0 radical (unpaired) electrons. The fourth-order valence-corrected chi connectivity index (χ4v) is 1.61. The van der Waals surface area contributed by atoms with Gasteiger partial charge in [-0.1, -0.05) is 11.2 Å². The molecule has 0 atom stereocenters. The van der Waals surface area contributed by atoms with Crippen LogP contribution >= 0.6 is 0 Å². The number of hydrogen-bond acceptors (Lipinski definition) is 2. The summed E-state index contributed by atoms with van der Waals surface area (Å²) in [6, 6.07) is 5.14. The molecule has 6 heteroatoms. The van der Waals surface area contributed by atoms with Gasteiger partial charge in [0.15, 0.2) is 0 Å². The fourth-order valence-electron chi connectivity index (χ4n) is 1.61. The van der Waals surface area contributed by atoms with Crippen molar-refractivity contribution in [2.45, 2.75) is 0 Å². The van der Waals surface area contributed by atoms with E-state index >= 15 is 0 Å². The van der Waals surface area contributed by atoms with Crippen molar-refractivity contribution in [1.82, 2.24) is 9.13 Å². The minimum atomic E-state index is -0.0944. The van der Waals surface area contributed by atoms with E-state index in [9.17, 15) is 4.79 Å². The minimum absolute atomic E-state index is 0.0944. The molecular weight excluding hydrogens is 194 g/mol. The van der Waals surface area contributed by atoms with Crippen molar-refractivity contribution in [3.63, 3.8) is 0 Å². The van der Waals surface area contributed by atoms with Gasteiger partial charge < -0.3 is 0 Å². The fraction of sp³-hybridized carbons (Fsp3) is 0.222. The summed E-state index contributed by atoms with van der Waals surface area (Å²) in [6.45, 7) is 0. The van der Waals surface area contributed by atoms with Crippen LogP contribution in [0.4, 0.5) is 5.69 Å². The molecule has 1 aromatic heterocycles. The van der Waals surface area contributed by atoms with E-state index < -0.39 is 0 Å². The van der Waals surface area contributed by atoms with Gasteiger partial charge in [0, 0.05) is 24.7 Å². The average Bonchev–Trinajstić information content (AvgIpc) is 2.45. The Morgan fingerprint density at radius 2 is 1.93 bits per heavy atom. The second-order valence-corrected chi connectivity index (χ2v) is 3.26. The first kappa shape index (κ1) is 9.36. The highest BCUT2D eigenvalue weighted by atomic mass is 16.1. The van der Waals surface area contributed by atoms with Crippen LogP contribution in [0.5, 0.6) is 0 Å². The number of azide groups is 1. The Kier molecular flexibility index (Phi) is 1.98. The van der Waals surface area contributed by atoms with Gasteiger partial charge in [0.1, 0.15) is 0 Å². The molecule has 2 aromatic rings. The summed E-state index contributed by atoms with van der Waals surface area (Å²) in [7, 11) is 3.39. The van der Waals surface area contributed by atoms with E-state index in [2.05, 4.69) is 10.0 Å². The lowest BCUT2D eigenvalue weighted by Crippen LogP contribution is -2.19. The largest absolute Gasteiger partial charge is 0.328 e. The number of benzene rings is 1. The Balaban J connectivity index is 2.88. The molecule has 0 bridgehead atoms. The van der Waals surface area contributed by atoms with Crippen LogP contribution in [0.1, 0.15) is 0 Å². The summed E-state index contributed by atoms with van der Waals surface area (Å²) >= 11 is 0. The second-order valence-electron chi connectivity index (χ2n) is 3.26. The topological polar surface area (TPSA) is 75.7 Å². The summed E-state index contributed by atoms with van der Waals surface area (Å²) in [4.78, 5) is 14.3. The predicted molar refractivity (Wildman–Crippen MR) is 57.0 cm³/mol. The maximum atomic E-state index is 11.6. The van der Waals surface area contributed by atoms with E-state index in [0.717, 1.165) is 11.0 Å². The van der Waals surface area contributed by atoms with Crippen LogP contribution in [0.3, 0.4) is 0 Å². The second kappa shape index (κ2) is 3.18. The number of fused-ring (bicyclic) bond motifs is 1. The standard InChI is InChI=1S/C9H9N5O/c1-13-7-4-3-6(11-12-10)5-8(7)14(2)9(13)15/h3-5H,1-2H3. The van der Waals surface area contributed by atoms with Crippen molar-refractivity contribution in [3.8, 4) is 0 Å². The van der Waals surface area contributed by atoms with Gasteiger partial charge in [-0.15, -0.1) is 0 Å². The Morgan fingerprint density at radius 1 is 1.27 bits per heavy atom. The van der Waals surface area contributed by atoms with Crippen molar-refractivity contribution in [1.29, 1.82) is 0 Å². The van der Waals surface area contributed by atoms with Crippen molar-refractivity contribution in [2.75, 3.05) is 0 Å². The molecule has 0 saturated heterocycles. The summed E-state index contributed by atoms with van der Waals surface area (Å²) in [5, 5.41) is 3.49. The van der Waals surface area contributed by atoms with E-state index in [1.54, 1.807) is 36.9 Å². The molecular formula is C9H9N5O. The molecule has 1 aromatic carbocycles. The number of rotatable bonds is 1. The number of aryl methyl sites for hydroxylation is 2. The van der Waals surface area contributed by atoms with Crippen LogP contribution < -0.4 is 5.69 Å². The van der Waals surface area contributed by atoms with Gasteiger partial charge in [0.25, 0.3) is 0 Å². The van der Waals surface area contributed by atoms with E-state index in [0.29, 0.717) is 5.69 Å². The SMILES string of the molecule is Cn1c(=O)n(C)c2cc(N=[N+]=[N-])ccc21. The van der Waals surface area contributed by atoms with Crippen molar-refractivity contribution in [3.05, 3.63) is 39.1 Å². The summed E-state index contributed by atoms with van der Waals surface area (Å²) in [5.74, 6) is 0. The Labute approximate surface area is 85.0 Å². The molecule has 76 valence electrons. The van der Waals surface area contributed by atoms with Gasteiger partial charge >= 0.3 is 5.69 Å².